The maximum absolute atomic E-state index is 6.75. The number of rotatable bonds is 1. The van der Waals surface area contributed by atoms with Gasteiger partial charge < -0.3 is 11.5 Å². The molecule has 2 nitrogen and oxygen atoms in total. The monoisotopic (exact) mass is 572 g/mol. The Morgan fingerprint density at radius 3 is 1.84 bits per heavy atom. The van der Waals surface area contributed by atoms with E-state index in [4.69, 9.17) is 11.5 Å². The third-order valence-electron chi connectivity index (χ3n) is 10.0. The molecule has 0 radical (unpaired) electrons. The highest BCUT2D eigenvalue weighted by molar-refractivity contribution is 6.20. The molecule has 1 aliphatic rings. The van der Waals surface area contributed by atoms with Crippen LogP contribution in [0.2, 0.25) is 0 Å². The van der Waals surface area contributed by atoms with Crippen LogP contribution in [0.1, 0.15) is 11.1 Å². The van der Waals surface area contributed by atoms with Crippen LogP contribution in [0.25, 0.3) is 86.9 Å². The Labute approximate surface area is 260 Å². The van der Waals surface area contributed by atoms with Crippen LogP contribution in [0, 0.1) is 0 Å². The summed E-state index contributed by atoms with van der Waals surface area (Å²) in [5.41, 5.74) is 22.1. The second-order valence-corrected chi connectivity index (χ2v) is 12.6. The topological polar surface area (TPSA) is 52.0 Å². The van der Waals surface area contributed by atoms with Gasteiger partial charge in [0.1, 0.15) is 0 Å². The Hall–Kier alpha value is -5.86. The van der Waals surface area contributed by atoms with E-state index in [1.807, 2.05) is 6.07 Å². The highest BCUT2D eigenvalue weighted by Crippen LogP contribution is 2.48. The molecule has 1 aliphatic carbocycles. The number of nitrogens with two attached hydrogens (primary N) is 2. The third-order valence-corrected chi connectivity index (χ3v) is 10.0. The summed E-state index contributed by atoms with van der Waals surface area (Å²) in [6, 6.07) is 49.0. The van der Waals surface area contributed by atoms with E-state index in [1.165, 1.54) is 92.6 Å². The number of hydrogen-bond donors (Lipinski definition) is 2. The predicted molar refractivity (Wildman–Crippen MR) is 194 cm³/mol. The molecule has 0 saturated heterocycles. The van der Waals surface area contributed by atoms with Crippen LogP contribution >= 0.6 is 0 Å². The molecule has 0 bridgehead atoms. The van der Waals surface area contributed by atoms with Crippen LogP contribution in [0.15, 0.2) is 133 Å². The summed E-state index contributed by atoms with van der Waals surface area (Å²) in [7, 11) is 0. The Bertz CT molecular complexity index is 2750. The van der Waals surface area contributed by atoms with E-state index in [0.29, 0.717) is 0 Å². The number of anilines is 2. The van der Waals surface area contributed by atoms with Crippen molar-refractivity contribution >= 4 is 76.0 Å². The summed E-state index contributed by atoms with van der Waals surface area (Å²) in [6.07, 6.45) is 0.847. The van der Waals surface area contributed by atoms with Crippen molar-refractivity contribution in [3.05, 3.63) is 145 Å². The second-order valence-electron chi connectivity index (χ2n) is 12.6. The van der Waals surface area contributed by atoms with Crippen LogP contribution in [0.5, 0.6) is 0 Å². The number of nitrogen functional groups attached to an aromatic ring is 2. The molecule has 210 valence electrons. The van der Waals surface area contributed by atoms with Crippen molar-refractivity contribution < 1.29 is 0 Å². The number of benzene rings is 9. The zero-order chi connectivity index (χ0) is 29.8. The zero-order valence-electron chi connectivity index (χ0n) is 24.6. The Morgan fingerprint density at radius 1 is 0.378 bits per heavy atom. The molecule has 0 saturated carbocycles. The van der Waals surface area contributed by atoms with Gasteiger partial charge in [-0.3, -0.25) is 0 Å². The summed E-state index contributed by atoms with van der Waals surface area (Å²) >= 11 is 0. The molecule has 0 heterocycles. The summed E-state index contributed by atoms with van der Waals surface area (Å²) in [4.78, 5) is 0. The van der Waals surface area contributed by atoms with Gasteiger partial charge in [-0.2, -0.15) is 0 Å². The molecule has 2 heteroatoms. The fourth-order valence-corrected chi connectivity index (χ4v) is 7.95. The van der Waals surface area contributed by atoms with Crippen molar-refractivity contribution in [3.8, 4) is 22.3 Å². The standard InChI is InChI=1S/C43H28N2/c44-33-13-14-34-31(20-33)19-32-22-41(45)37-10-4-9-36(43(37)42(32)34)35-8-3-7-26-17-27-11-12-28-18-29-15-24-5-1-2-6-25(24)16-30(29)21-38(28)40(27)23-39(26)35/h1-18,20-23H,19,44-45H2. The van der Waals surface area contributed by atoms with Gasteiger partial charge in [-0.1, -0.05) is 78.9 Å². The number of hydrogen-bond acceptors (Lipinski definition) is 2. The average molecular weight is 573 g/mol. The van der Waals surface area contributed by atoms with E-state index in [9.17, 15) is 0 Å². The van der Waals surface area contributed by atoms with E-state index in [1.54, 1.807) is 0 Å². The lowest BCUT2D eigenvalue weighted by Gasteiger charge is -2.17. The van der Waals surface area contributed by atoms with Crippen LogP contribution in [-0.2, 0) is 6.42 Å². The minimum atomic E-state index is 0.799. The zero-order valence-corrected chi connectivity index (χ0v) is 24.6. The van der Waals surface area contributed by atoms with Crippen molar-refractivity contribution in [1.29, 1.82) is 0 Å². The maximum atomic E-state index is 6.75. The first-order chi connectivity index (χ1) is 22.1. The molecular weight excluding hydrogens is 544 g/mol. The van der Waals surface area contributed by atoms with E-state index in [2.05, 4.69) is 127 Å². The lowest BCUT2D eigenvalue weighted by molar-refractivity contribution is 1.27. The first-order valence-electron chi connectivity index (χ1n) is 15.5. The molecule has 4 N–H and O–H groups in total. The SMILES string of the molecule is Nc1ccc2c(c1)Cc1cc(N)c3cccc(-c4cccc5cc6ccc7cc8cc9ccccc9cc8cc7c6cc45)c3c1-2. The fraction of sp³-hybridized carbons (Fsp3) is 0.0233. The molecule has 45 heavy (non-hydrogen) atoms. The largest absolute Gasteiger partial charge is 0.399 e. The van der Waals surface area contributed by atoms with Crippen LogP contribution in [-0.4, -0.2) is 0 Å². The molecule has 9 aromatic rings. The smallest absolute Gasteiger partial charge is 0.0397 e. The highest BCUT2D eigenvalue weighted by atomic mass is 14.6. The number of fused-ring (bicyclic) bond motifs is 11. The first-order valence-corrected chi connectivity index (χ1v) is 15.5. The van der Waals surface area contributed by atoms with E-state index in [-0.39, 0.29) is 0 Å². The Kier molecular flexibility index (Phi) is 4.83. The molecule has 0 fully saturated rings. The van der Waals surface area contributed by atoms with Crippen molar-refractivity contribution in [1.82, 2.24) is 0 Å². The Balaban J connectivity index is 1.28. The van der Waals surface area contributed by atoms with Crippen molar-refractivity contribution in [2.24, 2.45) is 0 Å². The van der Waals surface area contributed by atoms with Crippen LogP contribution in [0.4, 0.5) is 11.4 Å². The maximum Gasteiger partial charge on any atom is 0.0397 e. The van der Waals surface area contributed by atoms with Crippen LogP contribution in [0.3, 0.4) is 0 Å². The van der Waals surface area contributed by atoms with E-state index in [0.717, 1.165) is 23.2 Å². The van der Waals surface area contributed by atoms with Gasteiger partial charge in [0, 0.05) is 16.8 Å². The molecule has 10 rings (SSSR count). The van der Waals surface area contributed by atoms with Gasteiger partial charge in [0.15, 0.2) is 0 Å². The van der Waals surface area contributed by atoms with Gasteiger partial charge in [-0.25, -0.2) is 0 Å². The molecule has 0 aromatic heterocycles. The van der Waals surface area contributed by atoms with E-state index < -0.39 is 0 Å². The second kappa shape index (κ2) is 8.84. The third kappa shape index (κ3) is 3.51. The summed E-state index contributed by atoms with van der Waals surface area (Å²) in [5.74, 6) is 0. The van der Waals surface area contributed by atoms with Crippen molar-refractivity contribution in [3.63, 3.8) is 0 Å². The summed E-state index contributed by atoms with van der Waals surface area (Å²) in [5, 5.41) is 14.9. The normalized spacial score (nSPS) is 12.5. The highest BCUT2D eigenvalue weighted by Gasteiger charge is 2.24. The van der Waals surface area contributed by atoms with E-state index >= 15 is 0 Å². The molecule has 0 spiro atoms. The van der Waals surface area contributed by atoms with Gasteiger partial charge >= 0.3 is 0 Å². The molecule has 0 atom stereocenters. The molecule has 0 aliphatic heterocycles. The lowest BCUT2D eigenvalue weighted by atomic mass is 9.87. The quantitative estimate of drug-likeness (QED) is 0.117. The molecule has 0 unspecified atom stereocenters. The minimum absolute atomic E-state index is 0.799. The minimum Gasteiger partial charge on any atom is -0.399 e. The molecular formula is C43H28N2. The average Bonchev–Trinajstić information content (AvgIpc) is 3.42. The van der Waals surface area contributed by atoms with Gasteiger partial charge in [-0.15, -0.1) is 0 Å². The predicted octanol–water partition coefficient (Wildman–Crippen LogP) is 11.0. The fourth-order valence-electron chi connectivity index (χ4n) is 7.95. The van der Waals surface area contributed by atoms with Crippen molar-refractivity contribution in [2.45, 2.75) is 6.42 Å². The lowest BCUT2D eigenvalue weighted by Crippen LogP contribution is -1.94. The summed E-state index contributed by atoms with van der Waals surface area (Å²) < 4.78 is 0. The van der Waals surface area contributed by atoms with Crippen LogP contribution < -0.4 is 11.5 Å². The van der Waals surface area contributed by atoms with Gasteiger partial charge in [-0.05, 0) is 154 Å². The molecule has 0 amide bonds. The van der Waals surface area contributed by atoms with Gasteiger partial charge in [0.05, 0.1) is 0 Å². The Morgan fingerprint density at radius 2 is 1.02 bits per heavy atom. The van der Waals surface area contributed by atoms with Gasteiger partial charge in [0.25, 0.3) is 0 Å². The van der Waals surface area contributed by atoms with Gasteiger partial charge in [0.2, 0.25) is 0 Å². The first kappa shape index (κ1) is 24.6. The molecule has 9 aromatic carbocycles. The van der Waals surface area contributed by atoms with Crippen molar-refractivity contribution in [2.75, 3.05) is 11.5 Å². The summed E-state index contributed by atoms with van der Waals surface area (Å²) in [6.45, 7) is 0.